The molecular weight excluding hydrogens is 302 g/mol. The summed E-state index contributed by atoms with van der Waals surface area (Å²) in [6, 6.07) is 3.58. The Balaban J connectivity index is 2.14. The van der Waals surface area contributed by atoms with Gasteiger partial charge in [0.1, 0.15) is 13.2 Å². The number of carbonyl (C=O) groups excluding carboxylic acids is 1. The molecule has 1 heterocycles. The Hall–Kier alpha value is -1.94. The number of rotatable bonds is 5. The molecule has 1 aromatic carbocycles. The molecule has 0 saturated heterocycles. The van der Waals surface area contributed by atoms with E-state index in [9.17, 15) is 4.79 Å². The average Bonchev–Trinajstić information content (AvgIpc) is 2.50. The quantitative estimate of drug-likeness (QED) is 0.615. The molecule has 4 nitrogen and oxygen atoms in total. The zero-order valence-electron chi connectivity index (χ0n) is 12.9. The van der Waals surface area contributed by atoms with E-state index in [1.54, 1.807) is 17.0 Å². The number of carbonyl (C=O) groups is 1. The minimum absolute atomic E-state index is 0.0588. The lowest BCUT2D eigenvalue weighted by Crippen LogP contribution is -2.30. The van der Waals surface area contributed by atoms with Crippen LogP contribution in [0.2, 0.25) is 5.02 Å². The molecule has 0 N–H and O–H groups in total. The molecule has 0 spiro atoms. The third kappa shape index (κ3) is 4.04. The third-order valence-corrected chi connectivity index (χ3v) is 3.47. The molecule has 0 saturated carbocycles. The molecule has 2 rings (SSSR count). The van der Waals surface area contributed by atoms with Crippen molar-refractivity contribution in [2.75, 3.05) is 26.3 Å². The van der Waals surface area contributed by atoms with E-state index in [4.69, 9.17) is 21.1 Å². The first-order valence-corrected chi connectivity index (χ1v) is 7.59. The summed E-state index contributed by atoms with van der Waals surface area (Å²) in [7, 11) is 0. The second-order valence-electron chi connectivity index (χ2n) is 5.17. The van der Waals surface area contributed by atoms with E-state index in [0.717, 1.165) is 11.1 Å². The monoisotopic (exact) mass is 321 g/mol. The van der Waals surface area contributed by atoms with Gasteiger partial charge in [-0.3, -0.25) is 4.79 Å². The number of hydrogen-bond acceptors (Lipinski definition) is 3. The highest BCUT2D eigenvalue weighted by atomic mass is 35.5. The highest BCUT2D eigenvalue weighted by Crippen LogP contribution is 2.38. The van der Waals surface area contributed by atoms with E-state index < -0.39 is 0 Å². The van der Waals surface area contributed by atoms with Gasteiger partial charge in [-0.05, 0) is 37.6 Å². The smallest absolute Gasteiger partial charge is 0.246 e. The van der Waals surface area contributed by atoms with Crippen molar-refractivity contribution >= 4 is 23.6 Å². The van der Waals surface area contributed by atoms with Crippen molar-refractivity contribution in [1.29, 1.82) is 0 Å². The first-order chi connectivity index (χ1) is 10.5. The predicted molar refractivity (Wildman–Crippen MR) is 88.5 cm³/mol. The first-order valence-electron chi connectivity index (χ1n) is 7.21. The van der Waals surface area contributed by atoms with Crippen molar-refractivity contribution in [2.45, 2.75) is 13.8 Å². The van der Waals surface area contributed by atoms with Crippen LogP contribution in [0.15, 0.2) is 30.4 Å². The Bertz CT molecular complexity index is 610. The van der Waals surface area contributed by atoms with E-state index in [1.807, 2.05) is 19.9 Å². The number of halogens is 1. The summed E-state index contributed by atoms with van der Waals surface area (Å²) >= 11 is 6.18. The number of hydrogen-bond donors (Lipinski definition) is 0. The number of fused-ring (bicyclic) bond motifs is 1. The number of amides is 1. The van der Waals surface area contributed by atoms with E-state index in [1.165, 1.54) is 6.08 Å². The lowest BCUT2D eigenvalue weighted by atomic mass is 10.1. The van der Waals surface area contributed by atoms with Crippen LogP contribution in [-0.4, -0.2) is 37.1 Å². The van der Waals surface area contributed by atoms with Crippen LogP contribution < -0.4 is 9.47 Å². The van der Waals surface area contributed by atoms with Crippen LogP contribution >= 0.6 is 11.6 Å². The molecular formula is C17H20ClNO3. The summed E-state index contributed by atoms with van der Waals surface area (Å²) in [5.74, 6) is 1.12. The Morgan fingerprint density at radius 3 is 2.82 bits per heavy atom. The molecule has 0 radical (unpaired) electrons. The summed E-state index contributed by atoms with van der Waals surface area (Å²) in [5, 5.41) is 0.485. The van der Waals surface area contributed by atoms with Crippen LogP contribution in [0, 0.1) is 0 Å². The molecule has 0 bridgehead atoms. The summed E-state index contributed by atoms with van der Waals surface area (Å²) in [4.78, 5) is 13.9. The lowest BCUT2D eigenvalue weighted by Gasteiger charge is -2.20. The zero-order chi connectivity index (χ0) is 16.1. The Morgan fingerprint density at radius 1 is 1.41 bits per heavy atom. The molecule has 22 heavy (non-hydrogen) atoms. The lowest BCUT2D eigenvalue weighted by molar-refractivity contribution is -0.125. The predicted octanol–water partition coefficient (Wildman–Crippen LogP) is 3.55. The molecule has 0 aliphatic carbocycles. The van der Waals surface area contributed by atoms with Crippen molar-refractivity contribution in [3.8, 4) is 11.5 Å². The van der Waals surface area contributed by atoms with E-state index in [2.05, 4.69) is 6.58 Å². The second kappa shape index (κ2) is 7.36. The number of benzene rings is 1. The minimum Gasteiger partial charge on any atom is -0.486 e. The van der Waals surface area contributed by atoms with Gasteiger partial charge in [0.25, 0.3) is 0 Å². The Labute approximate surface area is 136 Å². The summed E-state index contributed by atoms with van der Waals surface area (Å²) in [6.07, 6.45) is 3.27. The fraction of sp³-hybridized carbons (Fsp3) is 0.353. The average molecular weight is 322 g/mol. The van der Waals surface area contributed by atoms with E-state index >= 15 is 0 Å². The van der Waals surface area contributed by atoms with Gasteiger partial charge in [0.2, 0.25) is 5.91 Å². The molecule has 1 aliphatic heterocycles. The Kier molecular flexibility index (Phi) is 5.50. The number of ether oxygens (including phenoxy) is 2. The highest BCUT2D eigenvalue weighted by molar-refractivity contribution is 6.32. The van der Waals surface area contributed by atoms with E-state index in [0.29, 0.717) is 42.8 Å². The Morgan fingerprint density at radius 2 is 2.14 bits per heavy atom. The van der Waals surface area contributed by atoms with Gasteiger partial charge in [0, 0.05) is 19.2 Å². The largest absolute Gasteiger partial charge is 0.486 e. The van der Waals surface area contributed by atoms with Crippen LogP contribution in [0.4, 0.5) is 0 Å². The van der Waals surface area contributed by atoms with Gasteiger partial charge in [0.05, 0.1) is 5.02 Å². The van der Waals surface area contributed by atoms with Gasteiger partial charge in [-0.25, -0.2) is 0 Å². The maximum absolute atomic E-state index is 12.2. The topological polar surface area (TPSA) is 38.8 Å². The standard InChI is InChI=1S/C17H20ClNO3/c1-4-19(11-12(2)3)16(20)6-5-13-9-14(18)17-15(10-13)21-7-8-22-17/h5-6,9-10H,2,4,7-8,11H2,1,3H3/b6-5+. The SMILES string of the molecule is C=C(C)CN(CC)C(=O)/C=C/c1cc(Cl)c2c(c1)OCCO2. The van der Waals surface area contributed by atoms with Crippen molar-refractivity contribution in [1.82, 2.24) is 4.90 Å². The van der Waals surface area contributed by atoms with Crippen LogP contribution in [0.3, 0.4) is 0 Å². The molecule has 0 fully saturated rings. The molecule has 0 aromatic heterocycles. The summed E-state index contributed by atoms with van der Waals surface area (Å²) in [5.41, 5.74) is 1.75. The maximum Gasteiger partial charge on any atom is 0.246 e. The van der Waals surface area contributed by atoms with Crippen LogP contribution in [0.5, 0.6) is 11.5 Å². The van der Waals surface area contributed by atoms with Gasteiger partial charge >= 0.3 is 0 Å². The number of likely N-dealkylation sites (N-methyl/N-ethyl adjacent to an activating group) is 1. The second-order valence-corrected chi connectivity index (χ2v) is 5.58. The van der Waals surface area contributed by atoms with Gasteiger partial charge in [-0.15, -0.1) is 0 Å². The molecule has 5 heteroatoms. The van der Waals surface area contributed by atoms with Crippen LogP contribution in [-0.2, 0) is 4.79 Å². The van der Waals surface area contributed by atoms with Gasteiger partial charge in [-0.2, -0.15) is 0 Å². The molecule has 1 aromatic rings. The highest BCUT2D eigenvalue weighted by Gasteiger charge is 2.16. The first kappa shape index (κ1) is 16.4. The van der Waals surface area contributed by atoms with Crippen LogP contribution in [0.25, 0.3) is 6.08 Å². The number of nitrogens with zero attached hydrogens (tertiary/aromatic N) is 1. The molecule has 0 atom stereocenters. The van der Waals surface area contributed by atoms with Gasteiger partial charge in [0.15, 0.2) is 11.5 Å². The normalized spacial score (nSPS) is 13.2. The van der Waals surface area contributed by atoms with Crippen molar-refractivity contribution in [3.05, 3.63) is 40.9 Å². The van der Waals surface area contributed by atoms with Crippen molar-refractivity contribution in [2.24, 2.45) is 0 Å². The molecule has 118 valence electrons. The van der Waals surface area contributed by atoms with Gasteiger partial charge in [-0.1, -0.05) is 23.8 Å². The van der Waals surface area contributed by atoms with Crippen molar-refractivity contribution in [3.63, 3.8) is 0 Å². The molecule has 1 aliphatic rings. The fourth-order valence-electron chi connectivity index (χ4n) is 2.17. The van der Waals surface area contributed by atoms with Crippen LogP contribution in [0.1, 0.15) is 19.4 Å². The fourth-order valence-corrected chi connectivity index (χ4v) is 2.44. The maximum atomic E-state index is 12.2. The minimum atomic E-state index is -0.0588. The third-order valence-electron chi connectivity index (χ3n) is 3.19. The van der Waals surface area contributed by atoms with Gasteiger partial charge < -0.3 is 14.4 Å². The van der Waals surface area contributed by atoms with Crippen molar-refractivity contribution < 1.29 is 14.3 Å². The molecule has 0 unspecified atom stereocenters. The van der Waals surface area contributed by atoms with E-state index in [-0.39, 0.29) is 5.91 Å². The summed E-state index contributed by atoms with van der Waals surface area (Å²) < 4.78 is 11.0. The summed E-state index contributed by atoms with van der Waals surface area (Å²) in [6.45, 7) is 9.87. The zero-order valence-corrected chi connectivity index (χ0v) is 13.7. The molecule has 1 amide bonds.